The standard InChI is InChI=1S/C21H30N2O2S/c1-21(2,3)13-6-7-14-16(10-13)26-20(17(14)18(22)24)23-19(25)15-9-11-4-5-12(15)8-11/h11-13,15H,4-10H2,1-3H3,(H2,22,24)(H,23,25). The molecule has 0 spiro atoms. The number of fused-ring (bicyclic) bond motifs is 3. The highest BCUT2D eigenvalue weighted by molar-refractivity contribution is 7.17. The van der Waals surface area contributed by atoms with Crippen molar-refractivity contribution in [3.05, 3.63) is 16.0 Å². The Morgan fingerprint density at radius 1 is 1.15 bits per heavy atom. The second-order valence-corrected chi connectivity index (χ2v) is 10.8. The van der Waals surface area contributed by atoms with Crippen LogP contribution in [0.15, 0.2) is 0 Å². The van der Waals surface area contributed by atoms with E-state index in [0.29, 0.717) is 22.4 Å². The third kappa shape index (κ3) is 3.08. The number of anilines is 1. The van der Waals surface area contributed by atoms with Gasteiger partial charge in [-0.3, -0.25) is 9.59 Å². The van der Waals surface area contributed by atoms with Gasteiger partial charge in [0.15, 0.2) is 0 Å². The Labute approximate surface area is 159 Å². The zero-order valence-corrected chi connectivity index (χ0v) is 16.9. The van der Waals surface area contributed by atoms with Crippen LogP contribution in [0.2, 0.25) is 0 Å². The lowest BCUT2D eigenvalue weighted by Gasteiger charge is -2.33. The third-order valence-corrected chi connectivity index (χ3v) is 8.22. The molecule has 3 N–H and O–H groups in total. The monoisotopic (exact) mass is 374 g/mol. The fourth-order valence-electron chi connectivity index (χ4n) is 5.44. The van der Waals surface area contributed by atoms with Crippen LogP contribution in [0.1, 0.15) is 73.7 Å². The zero-order valence-electron chi connectivity index (χ0n) is 16.1. The molecule has 0 radical (unpaired) electrons. The van der Waals surface area contributed by atoms with Crippen molar-refractivity contribution in [1.29, 1.82) is 0 Å². The molecule has 26 heavy (non-hydrogen) atoms. The highest BCUT2D eigenvalue weighted by atomic mass is 32.1. The minimum atomic E-state index is -0.403. The van der Waals surface area contributed by atoms with Crippen molar-refractivity contribution in [2.45, 2.75) is 65.7 Å². The van der Waals surface area contributed by atoms with E-state index in [1.165, 1.54) is 24.1 Å². The Kier molecular flexibility index (Phi) is 4.41. The van der Waals surface area contributed by atoms with Crippen LogP contribution in [0, 0.1) is 29.1 Å². The van der Waals surface area contributed by atoms with Crippen LogP contribution >= 0.6 is 11.3 Å². The number of nitrogens with two attached hydrogens (primary N) is 1. The summed E-state index contributed by atoms with van der Waals surface area (Å²) in [6.07, 6.45) is 7.62. The second kappa shape index (κ2) is 6.36. The maximum Gasteiger partial charge on any atom is 0.251 e. The zero-order chi connectivity index (χ0) is 18.6. The Morgan fingerprint density at radius 2 is 1.92 bits per heavy atom. The summed E-state index contributed by atoms with van der Waals surface area (Å²) >= 11 is 1.58. The highest BCUT2D eigenvalue weighted by Gasteiger charge is 2.43. The first-order valence-electron chi connectivity index (χ1n) is 9.99. The van der Waals surface area contributed by atoms with Gasteiger partial charge in [0.2, 0.25) is 5.91 Å². The predicted octanol–water partition coefficient (Wildman–Crippen LogP) is 4.37. The molecule has 5 heteroatoms. The van der Waals surface area contributed by atoms with Gasteiger partial charge in [0.25, 0.3) is 5.91 Å². The molecular formula is C21H30N2O2S. The largest absolute Gasteiger partial charge is 0.365 e. The van der Waals surface area contributed by atoms with Gasteiger partial charge < -0.3 is 11.1 Å². The molecular weight excluding hydrogens is 344 g/mol. The van der Waals surface area contributed by atoms with Gasteiger partial charge in [-0.05, 0) is 67.3 Å². The lowest BCUT2D eigenvalue weighted by Crippen LogP contribution is -2.28. The Balaban J connectivity index is 1.58. The molecule has 0 aromatic carbocycles. The molecule has 3 aliphatic carbocycles. The smallest absolute Gasteiger partial charge is 0.251 e. The third-order valence-electron chi connectivity index (χ3n) is 7.05. The first-order valence-corrected chi connectivity index (χ1v) is 10.8. The number of primary amides is 1. The highest BCUT2D eigenvalue weighted by Crippen LogP contribution is 2.49. The quantitative estimate of drug-likeness (QED) is 0.824. The summed E-state index contributed by atoms with van der Waals surface area (Å²) in [6, 6.07) is 0. The number of amides is 2. The number of nitrogens with one attached hydrogen (secondary N) is 1. The van der Waals surface area contributed by atoms with E-state index >= 15 is 0 Å². The Hall–Kier alpha value is -1.36. The normalized spacial score (nSPS) is 30.3. The van der Waals surface area contributed by atoms with Crippen LogP contribution in [0.4, 0.5) is 5.00 Å². The average Bonchev–Trinajstić information content (AvgIpc) is 3.26. The van der Waals surface area contributed by atoms with Crippen LogP contribution in [0.3, 0.4) is 0 Å². The van der Waals surface area contributed by atoms with Gasteiger partial charge >= 0.3 is 0 Å². The molecule has 4 atom stereocenters. The van der Waals surface area contributed by atoms with Gasteiger partial charge in [-0.1, -0.05) is 27.2 Å². The van der Waals surface area contributed by atoms with Crippen LogP contribution in [0.25, 0.3) is 0 Å². The molecule has 4 unspecified atom stereocenters. The lowest BCUT2D eigenvalue weighted by molar-refractivity contribution is -0.121. The fourth-order valence-corrected chi connectivity index (χ4v) is 6.78. The Morgan fingerprint density at radius 3 is 2.50 bits per heavy atom. The summed E-state index contributed by atoms with van der Waals surface area (Å²) in [7, 11) is 0. The number of hydrogen-bond acceptors (Lipinski definition) is 3. The molecule has 0 saturated heterocycles. The molecule has 0 aliphatic heterocycles. The van der Waals surface area contributed by atoms with Crippen molar-refractivity contribution in [3.63, 3.8) is 0 Å². The minimum absolute atomic E-state index is 0.102. The van der Waals surface area contributed by atoms with Crippen LogP contribution in [0.5, 0.6) is 0 Å². The summed E-state index contributed by atoms with van der Waals surface area (Å²) in [4.78, 5) is 26.2. The molecule has 1 heterocycles. The molecule has 2 fully saturated rings. The van der Waals surface area contributed by atoms with Crippen LogP contribution < -0.4 is 11.1 Å². The van der Waals surface area contributed by atoms with E-state index in [0.717, 1.165) is 37.2 Å². The van der Waals surface area contributed by atoms with Crippen molar-refractivity contribution in [1.82, 2.24) is 0 Å². The lowest BCUT2D eigenvalue weighted by atomic mass is 9.72. The van der Waals surface area contributed by atoms with E-state index in [2.05, 4.69) is 26.1 Å². The molecule has 142 valence electrons. The van der Waals surface area contributed by atoms with E-state index in [1.807, 2.05) is 0 Å². The molecule has 1 aromatic heterocycles. The summed E-state index contributed by atoms with van der Waals surface area (Å²) in [6.45, 7) is 6.84. The summed E-state index contributed by atoms with van der Waals surface area (Å²) in [5, 5.41) is 3.81. The minimum Gasteiger partial charge on any atom is -0.365 e. The van der Waals surface area contributed by atoms with E-state index < -0.39 is 5.91 Å². The van der Waals surface area contributed by atoms with Gasteiger partial charge in [0, 0.05) is 10.8 Å². The molecule has 2 amide bonds. The summed E-state index contributed by atoms with van der Waals surface area (Å²) in [5.74, 6) is 1.69. The van der Waals surface area contributed by atoms with E-state index in [4.69, 9.17) is 5.73 Å². The van der Waals surface area contributed by atoms with Gasteiger partial charge in [0.1, 0.15) is 5.00 Å². The number of carbonyl (C=O) groups is 2. The van der Waals surface area contributed by atoms with E-state index in [1.54, 1.807) is 11.3 Å². The molecule has 4 nitrogen and oxygen atoms in total. The van der Waals surface area contributed by atoms with Crippen LogP contribution in [-0.4, -0.2) is 11.8 Å². The number of thiophene rings is 1. The van der Waals surface area contributed by atoms with E-state index in [-0.39, 0.29) is 17.2 Å². The van der Waals surface area contributed by atoms with Gasteiger partial charge in [-0.2, -0.15) is 0 Å². The summed E-state index contributed by atoms with van der Waals surface area (Å²) in [5.41, 5.74) is 7.63. The molecule has 4 rings (SSSR count). The topological polar surface area (TPSA) is 72.2 Å². The van der Waals surface area contributed by atoms with Gasteiger partial charge in [-0.25, -0.2) is 0 Å². The number of rotatable bonds is 3. The first-order chi connectivity index (χ1) is 12.2. The second-order valence-electron chi connectivity index (χ2n) is 9.65. The number of carbonyl (C=O) groups excluding carboxylic acids is 2. The molecule has 2 saturated carbocycles. The van der Waals surface area contributed by atoms with Crippen molar-refractivity contribution in [3.8, 4) is 0 Å². The summed E-state index contributed by atoms with van der Waals surface area (Å²) < 4.78 is 0. The van der Waals surface area contributed by atoms with Crippen molar-refractivity contribution >= 4 is 28.2 Å². The van der Waals surface area contributed by atoms with Crippen molar-refractivity contribution < 1.29 is 9.59 Å². The Bertz CT molecular complexity index is 746. The fraction of sp³-hybridized carbons (Fsp3) is 0.714. The van der Waals surface area contributed by atoms with Gasteiger partial charge in [-0.15, -0.1) is 11.3 Å². The van der Waals surface area contributed by atoms with Crippen molar-refractivity contribution in [2.24, 2.45) is 34.8 Å². The maximum atomic E-state index is 12.9. The first kappa shape index (κ1) is 18.0. The number of hydrogen-bond donors (Lipinski definition) is 2. The molecule has 2 bridgehead atoms. The van der Waals surface area contributed by atoms with Gasteiger partial charge in [0.05, 0.1) is 5.56 Å². The average molecular weight is 375 g/mol. The maximum absolute atomic E-state index is 12.9. The SMILES string of the molecule is CC(C)(C)C1CCc2c(sc(NC(=O)C3CC4CCC3C4)c2C(N)=O)C1. The predicted molar refractivity (Wildman–Crippen MR) is 105 cm³/mol. The van der Waals surface area contributed by atoms with E-state index in [9.17, 15) is 9.59 Å². The van der Waals surface area contributed by atoms with Crippen molar-refractivity contribution in [2.75, 3.05) is 5.32 Å². The molecule has 3 aliphatic rings. The van der Waals surface area contributed by atoms with Crippen LogP contribution in [-0.2, 0) is 17.6 Å². The molecule has 1 aromatic rings.